The highest BCUT2D eigenvalue weighted by atomic mass is 16.5. The number of nitrogens with zero attached hydrogens (tertiary/aromatic N) is 1. The Morgan fingerprint density at radius 3 is 2.91 bits per heavy atom. The smallest absolute Gasteiger partial charge is 0.261 e. The van der Waals surface area contributed by atoms with Crippen LogP contribution in [-0.4, -0.2) is 28.9 Å². The first-order valence-corrected chi connectivity index (χ1v) is 3.91. The van der Waals surface area contributed by atoms with Gasteiger partial charge in [0.05, 0.1) is 6.54 Å². The van der Waals surface area contributed by atoms with Crippen LogP contribution in [0.2, 0.25) is 0 Å². The molecule has 2 atom stereocenters. The number of hydrogen-bond donors (Lipinski definition) is 2. The average Bonchev–Trinajstić information content (AvgIpc) is 2.32. The second-order valence-corrected chi connectivity index (χ2v) is 2.95. The minimum absolute atomic E-state index is 0.188. The lowest BCUT2D eigenvalue weighted by molar-refractivity contribution is -0.169. The minimum atomic E-state index is -0.240. The van der Waals surface area contributed by atoms with Gasteiger partial charge >= 0.3 is 0 Å². The summed E-state index contributed by atoms with van der Waals surface area (Å²) in [7, 11) is 0. The summed E-state index contributed by atoms with van der Waals surface area (Å²) in [4.78, 5) is 10.8. The Kier molecular flexibility index (Phi) is 2.46. The van der Waals surface area contributed by atoms with E-state index in [4.69, 9.17) is 0 Å². The maximum absolute atomic E-state index is 10.8. The maximum Gasteiger partial charge on any atom is 0.261 e. The largest absolute Gasteiger partial charge is 0.286 e. The van der Waals surface area contributed by atoms with Crippen molar-refractivity contribution in [2.75, 3.05) is 6.54 Å². The lowest BCUT2D eigenvalue weighted by Gasteiger charge is -2.22. The molecular formula is C7H14N2O2. The van der Waals surface area contributed by atoms with E-state index in [2.05, 4.69) is 5.32 Å². The third kappa shape index (κ3) is 1.52. The summed E-state index contributed by atoms with van der Waals surface area (Å²) in [6.07, 6.45) is 0.759. The molecule has 0 spiro atoms. The minimum Gasteiger partial charge on any atom is -0.286 e. The second-order valence-electron chi connectivity index (χ2n) is 2.95. The number of rotatable bonds is 2. The first-order chi connectivity index (χ1) is 5.16. The van der Waals surface area contributed by atoms with Crippen LogP contribution in [0, 0.1) is 5.92 Å². The molecular weight excluding hydrogens is 144 g/mol. The Hall–Kier alpha value is -0.610. The van der Waals surface area contributed by atoms with Gasteiger partial charge in [0.15, 0.2) is 0 Å². The van der Waals surface area contributed by atoms with Crippen LogP contribution in [0.25, 0.3) is 0 Å². The van der Waals surface area contributed by atoms with Gasteiger partial charge in [0.2, 0.25) is 0 Å². The molecule has 1 amide bonds. The third-order valence-electron chi connectivity index (χ3n) is 2.16. The summed E-state index contributed by atoms with van der Waals surface area (Å²) in [6, 6.07) is 0. The highest BCUT2D eigenvalue weighted by Crippen LogP contribution is 2.14. The summed E-state index contributed by atoms with van der Waals surface area (Å²) in [5, 5.41) is 12.9. The fourth-order valence-electron chi connectivity index (χ4n) is 1.18. The lowest BCUT2D eigenvalue weighted by Crippen LogP contribution is -2.39. The van der Waals surface area contributed by atoms with Crippen molar-refractivity contribution in [3.8, 4) is 0 Å². The topological polar surface area (TPSA) is 52.6 Å². The standard InChI is InChI=1S/C7H14N2O2/c1-3-5(2)7-8-4-6(10)9(7)11/h5,7-8,11H,3-4H2,1-2H3/t5-,7+/m1/s1. The van der Waals surface area contributed by atoms with Crippen LogP contribution in [0.15, 0.2) is 0 Å². The third-order valence-corrected chi connectivity index (χ3v) is 2.16. The zero-order valence-electron chi connectivity index (χ0n) is 6.87. The average molecular weight is 158 g/mol. The Morgan fingerprint density at radius 1 is 1.91 bits per heavy atom. The molecule has 0 aliphatic carbocycles. The van der Waals surface area contributed by atoms with E-state index in [1.165, 1.54) is 0 Å². The molecule has 0 aromatic rings. The van der Waals surface area contributed by atoms with Gasteiger partial charge in [-0.2, -0.15) is 0 Å². The van der Waals surface area contributed by atoms with Gasteiger partial charge in [-0.05, 0) is 5.92 Å². The van der Waals surface area contributed by atoms with Crippen LogP contribution in [0.1, 0.15) is 20.3 Å². The van der Waals surface area contributed by atoms with Crippen LogP contribution < -0.4 is 5.32 Å². The van der Waals surface area contributed by atoms with Crippen LogP contribution in [0.3, 0.4) is 0 Å². The van der Waals surface area contributed by atoms with Gasteiger partial charge < -0.3 is 0 Å². The van der Waals surface area contributed by atoms with Crippen molar-refractivity contribution >= 4 is 5.91 Å². The number of hydrogen-bond acceptors (Lipinski definition) is 3. The van der Waals surface area contributed by atoms with E-state index in [0.29, 0.717) is 5.92 Å². The zero-order valence-corrected chi connectivity index (χ0v) is 6.87. The predicted molar refractivity (Wildman–Crippen MR) is 39.9 cm³/mol. The van der Waals surface area contributed by atoms with E-state index in [1.54, 1.807) is 0 Å². The summed E-state index contributed by atoms with van der Waals surface area (Å²) < 4.78 is 0. The molecule has 0 aromatic carbocycles. The second kappa shape index (κ2) is 3.19. The van der Waals surface area contributed by atoms with Crippen LogP contribution in [0.5, 0.6) is 0 Å². The van der Waals surface area contributed by atoms with Gasteiger partial charge in [0.25, 0.3) is 5.91 Å². The number of carbonyl (C=O) groups excluding carboxylic acids is 1. The molecule has 0 radical (unpaired) electrons. The molecule has 0 unspecified atom stereocenters. The summed E-state index contributed by atoms with van der Waals surface area (Å²) >= 11 is 0. The van der Waals surface area contributed by atoms with Crippen molar-refractivity contribution in [1.29, 1.82) is 0 Å². The normalized spacial score (nSPS) is 27.7. The van der Waals surface area contributed by atoms with Crippen molar-refractivity contribution in [3.63, 3.8) is 0 Å². The Bertz CT molecular complexity index is 161. The van der Waals surface area contributed by atoms with Crippen molar-refractivity contribution in [1.82, 2.24) is 10.4 Å². The van der Waals surface area contributed by atoms with E-state index in [9.17, 15) is 10.0 Å². The quantitative estimate of drug-likeness (QED) is 0.564. The molecule has 1 aliphatic heterocycles. The molecule has 1 fully saturated rings. The van der Waals surface area contributed by atoms with Gasteiger partial charge in [-0.15, -0.1) is 0 Å². The summed E-state index contributed by atoms with van der Waals surface area (Å²) in [5.41, 5.74) is 0. The van der Waals surface area contributed by atoms with Crippen LogP contribution in [-0.2, 0) is 4.79 Å². The Morgan fingerprint density at radius 2 is 2.55 bits per heavy atom. The lowest BCUT2D eigenvalue weighted by atomic mass is 10.1. The van der Waals surface area contributed by atoms with Gasteiger partial charge in [0, 0.05) is 0 Å². The number of hydroxylamine groups is 2. The Balaban J connectivity index is 2.54. The summed E-state index contributed by atoms with van der Waals surface area (Å²) in [6.45, 7) is 4.29. The van der Waals surface area contributed by atoms with E-state index >= 15 is 0 Å². The first-order valence-electron chi connectivity index (χ1n) is 3.91. The fraction of sp³-hybridized carbons (Fsp3) is 0.857. The van der Waals surface area contributed by atoms with Crippen LogP contribution in [0.4, 0.5) is 0 Å². The zero-order chi connectivity index (χ0) is 8.43. The van der Waals surface area contributed by atoms with E-state index in [-0.39, 0.29) is 18.6 Å². The molecule has 4 nitrogen and oxygen atoms in total. The highest BCUT2D eigenvalue weighted by Gasteiger charge is 2.32. The summed E-state index contributed by atoms with van der Waals surface area (Å²) in [5.74, 6) is 0.0572. The molecule has 0 saturated carbocycles. The highest BCUT2D eigenvalue weighted by molar-refractivity contribution is 5.79. The van der Waals surface area contributed by atoms with Gasteiger partial charge in [-0.3, -0.25) is 15.3 Å². The molecule has 1 saturated heterocycles. The van der Waals surface area contributed by atoms with Crippen molar-refractivity contribution in [2.24, 2.45) is 5.92 Å². The maximum atomic E-state index is 10.8. The Labute approximate surface area is 66.1 Å². The SMILES string of the molecule is CC[C@@H](C)[C@H]1NCC(=O)N1O. The van der Waals surface area contributed by atoms with Gasteiger partial charge in [-0.25, -0.2) is 5.06 Å². The number of carbonyl (C=O) groups is 1. The van der Waals surface area contributed by atoms with E-state index in [0.717, 1.165) is 11.5 Å². The predicted octanol–water partition coefficient (Wildman–Crippen LogP) is 0.180. The molecule has 11 heavy (non-hydrogen) atoms. The monoisotopic (exact) mass is 158 g/mol. The molecule has 1 aliphatic rings. The number of amides is 1. The fourth-order valence-corrected chi connectivity index (χ4v) is 1.18. The van der Waals surface area contributed by atoms with Crippen LogP contribution >= 0.6 is 0 Å². The molecule has 4 heteroatoms. The molecule has 1 rings (SSSR count). The van der Waals surface area contributed by atoms with Gasteiger partial charge in [-0.1, -0.05) is 20.3 Å². The molecule has 0 aromatic heterocycles. The van der Waals surface area contributed by atoms with Crippen molar-refractivity contribution in [2.45, 2.75) is 26.4 Å². The van der Waals surface area contributed by atoms with E-state index in [1.807, 2.05) is 13.8 Å². The van der Waals surface area contributed by atoms with Crippen molar-refractivity contribution in [3.05, 3.63) is 0 Å². The molecule has 1 heterocycles. The van der Waals surface area contributed by atoms with E-state index < -0.39 is 0 Å². The van der Waals surface area contributed by atoms with Gasteiger partial charge in [0.1, 0.15) is 6.17 Å². The molecule has 0 bridgehead atoms. The van der Waals surface area contributed by atoms with Crippen molar-refractivity contribution < 1.29 is 10.0 Å². The molecule has 64 valence electrons. The first kappa shape index (κ1) is 8.49. The number of nitrogens with one attached hydrogen (secondary N) is 1. The molecule has 2 N–H and O–H groups in total.